The molecule has 19 heavy (non-hydrogen) atoms. The number of pyridine rings is 1. The molecule has 0 aromatic carbocycles. The van der Waals surface area contributed by atoms with E-state index < -0.39 is 18.5 Å². The molecule has 0 bridgehead atoms. The fourth-order valence-corrected chi connectivity index (χ4v) is 1.31. The average Bonchev–Trinajstić information content (AvgIpc) is 2.65. The zero-order valence-corrected chi connectivity index (χ0v) is 9.78. The van der Waals surface area contributed by atoms with Gasteiger partial charge in [-0.25, -0.2) is 13.3 Å². The van der Waals surface area contributed by atoms with Crippen molar-refractivity contribution in [1.82, 2.24) is 14.6 Å². The van der Waals surface area contributed by atoms with Crippen molar-refractivity contribution < 1.29 is 22.3 Å². The lowest BCUT2D eigenvalue weighted by Gasteiger charge is -2.22. The summed E-state index contributed by atoms with van der Waals surface area (Å²) in [5.41, 5.74) is 5.42. The van der Waals surface area contributed by atoms with E-state index in [-0.39, 0.29) is 24.3 Å². The summed E-state index contributed by atoms with van der Waals surface area (Å²) in [4.78, 5) is 3.75. The minimum atomic E-state index is -4.29. The Kier molecular flexibility index (Phi) is 2.99. The standard InChI is InChI=1S/C10H10F4N4O/c1-9(11,12)10(13,14)5-19-6-3-2-4-18-7(6)16-8(15)17-18/h2-4H,5H2,1H3,(H2,15,17). The molecule has 5 nitrogen and oxygen atoms in total. The summed E-state index contributed by atoms with van der Waals surface area (Å²) in [5, 5.41) is 3.73. The summed E-state index contributed by atoms with van der Waals surface area (Å²) < 4.78 is 57.3. The maximum Gasteiger partial charge on any atom is 0.342 e. The number of hydrogen-bond acceptors (Lipinski definition) is 4. The summed E-state index contributed by atoms with van der Waals surface area (Å²) in [6, 6.07) is 2.76. The first-order valence-corrected chi connectivity index (χ1v) is 5.20. The normalized spacial score (nSPS) is 12.9. The highest BCUT2D eigenvalue weighted by Gasteiger charge is 2.53. The van der Waals surface area contributed by atoms with E-state index in [9.17, 15) is 17.6 Å². The highest BCUT2D eigenvalue weighted by Crippen LogP contribution is 2.34. The summed E-state index contributed by atoms with van der Waals surface area (Å²) in [6.07, 6.45) is 1.47. The Morgan fingerprint density at radius 3 is 2.68 bits per heavy atom. The molecule has 0 atom stereocenters. The van der Waals surface area contributed by atoms with Crippen LogP contribution in [0.3, 0.4) is 0 Å². The van der Waals surface area contributed by atoms with Gasteiger partial charge in [0.15, 0.2) is 18.0 Å². The molecule has 2 heterocycles. The number of hydrogen-bond donors (Lipinski definition) is 1. The predicted octanol–water partition coefficient (Wildman–Crippen LogP) is 1.98. The summed E-state index contributed by atoms with van der Waals surface area (Å²) in [6.45, 7) is -1.34. The Labute approximate surface area is 105 Å². The SMILES string of the molecule is CC(F)(F)C(F)(F)COc1cccn2nc(N)nc12. The Morgan fingerprint density at radius 2 is 2.05 bits per heavy atom. The Morgan fingerprint density at radius 1 is 1.37 bits per heavy atom. The number of fused-ring (bicyclic) bond motifs is 1. The topological polar surface area (TPSA) is 65.4 Å². The van der Waals surface area contributed by atoms with Crippen LogP contribution in [0.25, 0.3) is 5.65 Å². The third-order valence-electron chi connectivity index (χ3n) is 2.39. The third kappa shape index (κ3) is 2.54. The van der Waals surface area contributed by atoms with E-state index in [0.717, 1.165) is 0 Å². The molecular weight excluding hydrogens is 268 g/mol. The van der Waals surface area contributed by atoms with Gasteiger partial charge < -0.3 is 10.5 Å². The molecule has 0 fully saturated rings. The van der Waals surface area contributed by atoms with Crippen molar-refractivity contribution in [3.8, 4) is 5.75 Å². The van der Waals surface area contributed by atoms with Gasteiger partial charge in [0.25, 0.3) is 0 Å². The molecule has 104 valence electrons. The van der Waals surface area contributed by atoms with Gasteiger partial charge in [-0.1, -0.05) is 0 Å². The number of rotatable bonds is 4. The van der Waals surface area contributed by atoms with Crippen LogP contribution in [0.1, 0.15) is 6.92 Å². The lowest BCUT2D eigenvalue weighted by Crippen LogP contribution is -2.42. The molecule has 0 amide bonds. The molecule has 0 aliphatic rings. The quantitative estimate of drug-likeness (QED) is 0.868. The van der Waals surface area contributed by atoms with Crippen molar-refractivity contribution in [2.24, 2.45) is 0 Å². The average molecular weight is 278 g/mol. The first-order valence-electron chi connectivity index (χ1n) is 5.20. The van der Waals surface area contributed by atoms with Crippen LogP contribution in [0.4, 0.5) is 23.5 Å². The maximum absolute atomic E-state index is 13.1. The van der Waals surface area contributed by atoms with Crippen LogP contribution in [0.2, 0.25) is 0 Å². The van der Waals surface area contributed by atoms with Crippen molar-refractivity contribution in [3.63, 3.8) is 0 Å². The molecule has 2 aromatic heterocycles. The number of anilines is 1. The molecule has 9 heteroatoms. The van der Waals surface area contributed by atoms with Crippen molar-refractivity contribution in [3.05, 3.63) is 18.3 Å². The number of nitrogens with two attached hydrogens (primary N) is 1. The molecule has 0 aliphatic carbocycles. The molecule has 0 saturated carbocycles. The van der Waals surface area contributed by atoms with Crippen LogP contribution >= 0.6 is 0 Å². The van der Waals surface area contributed by atoms with Crippen molar-refractivity contribution in [2.45, 2.75) is 18.8 Å². The van der Waals surface area contributed by atoms with E-state index >= 15 is 0 Å². The van der Waals surface area contributed by atoms with E-state index in [1.54, 1.807) is 0 Å². The van der Waals surface area contributed by atoms with Crippen molar-refractivity contribution in [1.29, 1.82) is 0 Å². The lowest BCUT2D eigenvalue weighted by molar-refractivity contribution is -0.210. The van der Waals surface area contributed by atoms with E-state index in [0.29, 0.717) is 0 Å². The van der Waals surface area contributed by atoms with Crippen LogP contribution in [0.15, 0.2) is 18.3 Å². The molecular formula is C10H10F4N4O. The third-order valence-corrected chi connectivity index (χ3v) is 2.39. The van der Waals surface area contributed by atoms with Crippen LogP contribution in [-0.4, -0.2) is 33.0 Å². The van der Waals surface area contributed by atoms with Crippen LogP contribution in [0, 0.1) is 0 Å². The van der Waals surface area contributed by atoms with Gasteiger partial charge in [-0.3, -0.25) is 0 Å². The van der Waals surface area contributed by atoms with Gasteiger partial charge in [0.05, 0.1) is 0 Å². The summed E-state index contributed by atoms with van der Waals surface area (Å²) in [5.74, 6) is -8.64. The number of aromatic nitrogens is 3. The zero-order valence-electron chi connectivity index (χ0n) is 9.78. The number of ether oxygens (including phenoxy) is 1. The summed E-state index contributed by atoms with van der Waals surface area (Å²) >= 11 is 0. The minimum absolute atomic E-state index is 0.0789. The number of alkyl halides is 4. The molecule has 0 spiro atoms. The van der Waals surface area contributed by atoms with Gasteiger partial charge >= 0.3 is 11.8 Å². The number of nitrogens with zero attached hydrogens (tertiary/aromatic N) is 3. The van der Waals surface area contributed by atoms with E-state index in [1.807, 2.05) is 0 Å². The van der Waals surface area contributed by atoms with Crippen LogP contribution in [-0.2, 0) is 0 Å². The smallest absolute Gasteiger partial charge is 0.342 e. The number of nitrogen functional groups attached to an aromatic ring is 1. The van der Waals surface area contributed by atoms with Gasteiger partial charge in [0, 0.05) is 13.1 Å². The van der Waals surface area contributed by atoms with Crippen LogP contribution < -0.4 is 10.5 Å². The monoisotopic (exact) mass is 278 g/mol. The van der Waals surface area contributed by atoms with E-state index in [4.69, 9.17) is 10.5 Å². The molecule has 0 unspecified atom stereocenters. The fourth-order valence-electron chi connectivity index (χ4n) is 1.31. The zero-order chi connectivity index (χ0) is 14.3. The van der Waals surface area contributed by atoms with Gasteiger partial charge in [0.1, 0.15) is 0 Å². The van der Waals surface area contributed by atoms with Gasteiger partial charge in [-0.2, -0.15) is 13.8 Å². The first-order chi connectivity index (χ1) is 8.71. The van der Waals surface area contributed by atoms with Gasteiger partial charge in [-0.15, -0.1) is 5.10 Å². The van der Waals surface area contributed by atoms with Crippen molar-refractivity contribution in [2.75, 3.05) is 12.3 Å². The second kappa shape index (κ2) is 4.25. The molecule has 0 radical (unpaired) electrons. The minimum Gasteiger partial charge on any atom is -0.483 e. The maximum atomic E-state index is 13.1. The lowest BCUT2D eigenvalue weighted by atomic mass is 10.2. The molecule has 2 N–H and O–H groups in total. The molecule has 2 rings (SSSR count). The van der Waals surface area contributed by atoms with E-state index in [2.05, 4.69) is 10.1 Å². The molecule has 2 aromatic rings. The van der Waals surface area contributed by atoms with Crippen LogP contribution in [0.5, 0.6) is 5.75 Å². The Balaban J connectivity index is 2.23. The largest absolute Gasteiger partial charge is 0.483 e. The van der Waals surface area contributed by atoms with Gasteiger partial charge in [-0.05, 0) is 12.1 Å². The van der Waals surface area contributed by atoms with Crippen molar-refractivity contribution >= 4 is 11.6 Å². The Bertz CT molecular complexity index is 593. The fraction of sp³-hybridized carbons (Fsp3) is 0.400. The number of halogens is 4. The Hall–Kier alpha value is -2.06. The first kappa shape index (κ1) is 13.4. The molecule has 0 saturated heterocycles. The molecule has 0 aliphatic heterocycles. The van der Waals surface area contributed by atoms with E-state index in [1.165, 1.54) is 22.8 Å². The van der Waals surface area contributed by atoms with Gasteiger partial charge in [0.2, 0.25) is 5.95 Å². The highest BCUT2D eigenvalue weighted by atomic mass is 19.3. The highest BCUT2D eigenvalue weighted by molar-refractivity contribution is 5.54. The summed E-state index contributed by atoms with van der Waals surface area (Å²) in [7, 11) is 0. The second-order valence-electron chi connectivity index (χ2n) is 3.99. The second-order valence-corrected chi connectivity index (χ2v) is 3.99. The predicted molar refractivity (Wildman–Crippen MR) is 58.5 cm³/mol.